The summed E-state index contributed by atoms with van der Waals surface area (Å²) >= 11 is 0. The quantitative estimate of drug-likeness (QED) is 0.727. The fraction of sp³-hybridized carbons (Fsp3) is 1.00. The first-order valence-electron chi connectivity index (χ1n) is 7.02. The zero-order valence-corrected chi connectivity index (χ0v) is 11.6. The lowest BCUT2D eigenvalue weighted by Crippen LogP contribution is -2.58. The molecule has 16 heavy (non-hydrogen) atoms. The third-order valence-corrected chi connectivity index (χ3v) is 4.73. The Morgan fingerprint density at radius 1 is 0.875 bits per heavy atom. The molecule has 2 nitrogen and oxygen atoms in total. The van der Waals surface area contributed by atoms with Gasteiger partial charge in [-0.25, -0.2) is 0 Å². The molecule has 2 saturated heterocycles. The van der Waals surface area contributed by atoms with Crippen molar-refractivity contribution in [2.45, 2.75) is 71.6 Å². The molecule has 0 N–H and O–H groups in total. The van der Waals surface area contributed by atoms with Gasteiger partial charge in [0.1, 0.15) is 0 Å². The van der Waals surface area contributed by atoms with Crippen LogP contribution in [-0.2, 0) is 0 Å². The monoisotopic (exact) mass is 224 g/mol. The average Bonchev–Trinajstić information content (AvgIpc) is 2.46. The topological polar surface area (TPSA) is 6.48 Å². The molecule has 0 radical (unpaired) electrons. The van der Waals surface area contributed by atoms with Crippen molar-refractivity contribution in [2.75, 3.05) is 13.1 Å². The molecular formula is C14H28N2. The van der Waals surface area contributed by atoms with E-state index < -0.39 is 0 Å². The first kappa shape index (κ1) is 12.4. The molecule has 2 aliphatic heterocycles. The Morgan fingerprint density at radius 3 is 1.75 bits per heavy atom. The molecular weight excluding hydrogens is 196 g/mol. The van der Waals surface area contributed by atoms with Crippen molar-refractivity contribution in [3.8, 4) is 0 Å². The van der Waals surface area contributed by atoms with Crippen molar-refractivity contribution in [1.29, 1.82) is 0 Å². The number of hydrogen-bond acceptors (Lipinski definition) is 2. The molecule has 3 atom stereocenters. The Hall–Kier alpha value is -0.0800. The number of likely N-dealkylation sites (tertiary alicyclic amines) is 1. The predicted octanol–water partition coefficient (Wildman–Crippen LogP) is 2.59. The van der Waals surface area contributed by atoms with E-state index in [2.05, 4.69) is 44.4 Å². The maximum absolute atomic E-state index is 2.82. The minimum Gasteiger partial charge on any atom is -0.298 e. The zero-order chi connectivity index (χ0) is 11.9. The van der Waals surface area contributed by atoms with Gasteiger partial charge in [0.15, 0.2) is 0 Å². The van der Waals surface area contributed by atoms with Gasteiger partial charge in [0.05, 0.1) is 0 Å². The zero-order valence-electron chi connectivity index (χ0n) is 11.6. The van der Waals surface area contributed by atoms with Crippen LogP contribution in [0, 0.1) is 5.92 Å². The van der Waals surface area contributed by atoms with Gasteiger partial charge in [-0.1, -0.05) is 13.8 Å². The Labute approximate surface area is 101 Å². The number of fused-ring (bicyclic) bond motifs is 2. The molecule has 0 amide bonds. The van der Waals surface area contributed by atoms with Crippen LogP contribution in [0.15, 0.2) is 0 Å². The van der Waals surface area contributed by atoms with E-state index in [0.717, 1.165) is 30.1 Å². The van der Waals surface area contributed by atoms with Gasteiger partial charge in [-0.3, -0.25) is 9.80 Å². The highest BCUT2D eigenvalue weighted by atomic mass is 15.3. The van der Waals surface area contributed by atoms with Crippen LogP contribution in [0.4, 0.5) is 0 Å². The minimum absolute atomic E-state index is 0.722. The van der Waals surface area contributed by atoms with Gasteiger partial charge >= 0.3 is 0 Å². The van der Waals surface area contributed by atoms with E-state index in [0.29, 0.717) is 0 Å². The van der Waals surface area contributed by atoms with Crippen LogP contribution in [0.25, 0.3) is 0 Å². The second-order valence-corrected chi connectivity index (χ2v) is 6.36. The first-order chi connectivity index (χ1) is 7.50. The van der Waals surface area contributed by atoms with Crippen LogP contribution in [-0.4, -0.2) is 47.1 Å². The van der Waals surface area contributed by atoms with Crippen molar-refractivity contribution in [3.05, 3.63) is 0 Å². The lowest BCUT2D eigenvalue weighted by molar-refractivity contribution is 0.0114. The lowest BCUT2D eigenvalue weighted by Gasteiger charge is -2.46. The summed E-state index contributed by atoms with van der Waals surface area (Å²) in [6.45, 7) is 14.4. The number of nitrogens with zero attached hydrogens (tertiary/aromatic N) is 2. The van der Waals surface area contributed by atoms with E-state index in [4.69, 9.17) is 0 Å². The van der Waals surface area contributed by atoms with Crippen LogP contribution >= 0.6 is 0 Å². The SMILES string of the molecule is CC(C)C(C)N1C2CCC1CN(C(C)C)C2. The van der Waals surface area contributed by atoms with E-state index in [9.17, 15) is 0 Å². The standard InChI is InChI=1S/C14H28N2/c1-10(2)12(5)16-13-6-7-14(16)9-15(8-13)11(3)4/h10-14H,6-9H2,1-5H3. The van der Waals surface area contributed by atoms with Crippen molar-refractivity contribution >= 4 is 0 Å². The number of rotatable bonds is 3. The first-order valence-corrected chi connectivity index (χ1v) is 7.02. The van der Waals surface area contributed by atoms with Gasteiger partial charge in [0, 0.05) is 37.3 Å². The van der Waals surface area contributed by atoms with E-state index in [-0.39, 0.29) is 0 Å². The fourth-order valence-corrected chi connectivity index (χ4v) is 3.40. The van der Waals surface area contributed by atoms with E-state index >= 15 is 0 Å². The van der Waals surface area contributed by atoms with Gasteiger partial charge in [-0.2, -0.15) is 0 Å². The Morgan fingerprint density at radius 2 is 1.38 bits per heavy atom. The van der Waals surface area contributed by atoms with Crippen LogP contribution in [0.3, 0.4) is 0 Å². The van der Waals surface area contributed by atoms with Crippen molar-refractivity contribution < 1.29 is 0 Å². The van der Waals surface area contributed by atoms with E-state index in [1.165, 1.54) is 25.9 Å². The molecule has 0 aromatic heterocycles. The molecule has 2 heteroatoms. The smallest absolute Gasteiger partial charge is 0.0230 e. The molecule has 2 fully saturated rings. The Balaban J connectivity index is 2.05. The Kier molecular flexibility index (Phi) is 3.60. The van der Waals surface area contributed by atoms with E-state index in [1.807, 2.05) is 0 Å². The molecule has 0 saturated carbocycles. The number of piperazine rings is 1. The van der Waals surface area contributed by atoms with Gasteiger partial charge in [0.25, 0.3) is 0 Å². The average molecular weight is 224 g/mol. The third kappa shape index (κ3) is 2.14. The highest BCUT2D eigenvalue weighted by Gasteiger charge is 2.42. The van der Waals surface area contributed by atoms with E-state index in [1.54, 1.807) is 0 Å². The summed E-state index contributed by atoms with van der Waals surface area (Å²) in [6, 6.07) is 3.14. The summed E-state index contributed by atoms with van der Waals surface area (Å²) < 4.78 is 0. The van der Waals surface area contributed by atoms with Crippen LogP contribution in [0.2, 0.25) is 0 Å². The molecule has 0 spiro atoms. The molecule has 2 rings (SSSR count). The molecule has 0 aromatic rings. The largest absolute Gasteiger partial charge is 0.298 e. The normalized spacial score (nSPS) is 33.9. The number of hydrogen-bond donors (Lipinski definition) is 0. The summed E-state index contributed by atoms with van der Waals surface area (Å²) in [7, 11) is 0. The highest BCUT2D eigenvalue weighted by Crippen LogP contribution is 2.34. The second kappa shape index (κ2) is 4.66. The van der Waals surface area contributed by atoms with Crippen molar-refractivity contribution in [3.63, 3.8) is 0 Å². The fourth-order valence-electron chi connectivity index (χ4n) is 3.40. The van der Waals surface area contributed by atoms with Crippen molar-refractivity contribution in [1.82, 2.24) is 9.80 Å². The predicted molar refractivity (Wildman–Crippen MR) is 69.7 cm³/mol. The van der Waals surface area contributed by atoms with Crippen LogP contribution in [0.5, 0.6) is 0 Å². The molecule has 2 bridgehead atoms. The Bertz CT molecular complexity index is 223. The van der Waals surface area contributed by atoms with Gasteiger partial charge in [0.2, 0.25) is 0 Å². The summed E-state index contributed by atoms with van der Waals surface area (Å²) in [4.78, 5) is 5.50. The summed E-state index contributed by atoms with van der Waals surface area (Å²) in [5.41, 5.74) is 0. The molecule has 2 heterocycles. The summed E-state index contributed by atoms with van der Waals surface area (Å²) in [6.07, 6.45) is 2.84. The van der Waals surface area contributed by atoms with Gasteiger partial charge in [-0.05, 0) is 39.5 Å². The maximum Gasteiger partial charge on any atom is 0.0230 e. The van der Waals surface area contributed by atoms with Gasteiger partial charge < -0.3 is 0 Å². The molecule has 3 unspecified atom stereocenters. The molecule has 94 valence electrons. The van der Waals surface area contributed by atoms with Gasteiger partial charge in [-0.15, -0.1) is 0 Å². The highest BCUT2D eigenvalue weighted by molar-refractivity contribution is 4.98. The molecule has 0 aromatic carbocycles. The lowest BCUT2D eigenvalue weighted by atomic mass is 10.0. The maximum atomic E-state index is 2.82. The van der Waals surface area contributed by atoms with Crippen LogP contribution < -0.4 is 0 Å². The second-order valence-electron chi connectivity index (χ2n) is 6.36. The molecule has 0 aliphatic carbocycles. The van der Waals surface area contributed by atoms with Crippen molar-refractivity contribution in [2.24, 2.45) is 5.92 Å². The third-order valence-electron chi connectivity index (χ3n) is 4.73. The molecule has 2 aliphatic rings. The van der Waals surface area contributed by atoms with Crippen LogP contribution in [0.1, 0.15) is 47.5 Å². The summed E-state index contributed by atoms with van der Waals surface area (Å²) in [5, 5.41) is 0. The minimum atomic E-state index is 0.722. The summed E-state index contributed by atoms with van der Waals surface area (Å²) in [5.74, 6) is 0.786.